The maximum absolute atomic E-state index is 12.7. The van der Waals surface area contributed by atoms with Crippen molar-refractivity contribution in [1.82, 2.24) is 9.80 Å². The first-order valence-electron chi connectivity index (χ1n) is 14.0. The minimum atomic E-state index is -3.63. The number of aliphatic hydroxyl groups is 1. The molecule has 1 unspecified atom stereocenters. The van der Waals surface area contributed by atoms with Crippen molar-refractivity contribution in [3.8, 4) is 5.75 Å². The van der Waals surface area contributed by atoms with Crippen molar-refractivity contribution in [3.63, 3.8) is 0 Å². The summed E-state index contributed by atoms with van der Waals surface area (Å²) in [6.45, 7) is 8.11. The Balaban J connectivity index is 1.29. The first-order valence-corrected chi connectivity index (χ1v) is 15.5. The molecule has 0 spiro atoms. The number of rotatable bonds is 15. The Bertz CT molecular complexity index is 1140. The molecule has 1 N–H and O–H groups in total. The van der Waals surface area contributed by atoms with Gasteiger partial charge in [0.05, 0.1) is 25.9 Å². The molecule has 1 fully saturated rings. The number of benzene rings is 3. The van der Waals surface area contributed by atoms with Crippen molar-refractivity contribution in [3.05, 3.63) is 102 Å². The van der Waals surface area contributed by atoms with Gasteiger partial charge in [-0.25, -0.2) is 4.57 Å². The van der Waals surface area contributed by atoms with Crippen LogP contribution in [0.4, 0.5) is 0 Å². The number of hydrogen-bond acceptors (Lipinski definition) is 8. The van der Waals surface area contributed by atoms with Crippen LogP contribution in [-0.4, -0.2) is 73.6 Å². The number of hydrogen-bond donors (Lipinski definition) is 1. The molecule has 1 saturated heterocycles. The van der Waals surface area contributed by atoms with Crippen LogP contribution < -0.4 is 4.74 Å². The van der Waals surface area contributed by atoms with Gasteiger partial charge in [-0.15, -0.1) is 0 Å². The average Bonchev–Trinajstić information content (AvgIpc) is 2.98. The van der Waals surface area contributed by atoms with Crippen LogP contribution in [0.5, 0.6) is 5.75 Å². The lowest BCUT2D eigenvalue weighted by Gasteiger charge is -2.40. The second kappa shape index (κ2) is 15.5. The molecule has 0 aliphatic carbocycles. The Morgan fingerprint density at radius 1 is 0.775 bits per heavy atom. The van der Waals surface area contributed by atoms with Crippen LogP contribution in [0.25, 0.3) is 0 Å². The third-order valence-electron chi connectivity index (χ3n) is 6.83. The lowest BCUT2D eigenvalue weighted by molar-refractivity contribution is 0.0395. The van der Waals surface area contributed by atoms with E-state index in [0.717, 1.165) is 26.2 Å². The maximum Gasteiger partial charge on any atom is 0.475 e. The van der Waals surface area contributed by atoms with Crippen molar-refractivity contribution in [2.45, 2.75) is 32.6 Å². The zero-order valence-corrected chi connectivity index (χ0v) is 24.3. The predicted octanol–water partition coefficient (Wildman–Crippen LogP) is 5.53. The Morgan fingerprint density at radius 2 is 1.32 bits per heavy atom. The largest absolute Gasteiger partial charge is 0.490 e. The minimum Gasteiger partial charge on any atom is -0.490 e. The molecule has 8 nitrogen and oxygen atoms in total. The summed E-state index contributed by atoms with van der Waals surface area (Å²) in [5.74, 6) is 0.569. The predicted molar refractivity (Wildman–Crippen MR) is 156 cm³/mol. The highest BCUT2D eigenvalue weighted by atomic mass is 31.2. The highest BCUT2D eigenvalue weighted by molar-refractivity contribution is 7.48. The van der Waals surface area contributed by atoms with Gasteiger partial charge in [0.1, 0.15) is 18.5 Å². The number of nitrogens with zero attached hydrogens (tertiary/aromatic N) is 2. The molecule has 0 aromatic heterocycles. The van der Waals surface area contributed by atoms with Gasteiger partial charge in [0.2, 0.25) is 0 Å². The molecule has 1 aliphatic heterocycles. The van der Waals surface area contributed by atoms with Crippen LogP contribution in [0.2, 0.25) is 0 Å². The third kappa shape index (κ3) is 8.72. The van der Waals surface area contributed by atoms with Gasteiger partial charge >= 0.3 is 7.82 Å². The molecule has 0 bridgehead atoms. The zero-order chi connectivity index (χ0) is 28.2. The van der Waals surface area contributed by atoms with E-state index in [-0.39, 0.29) is 32.5 Å². The topological polar surface area (TPSA) is 80.7 Å². The summed E-state index contributed by atoms with van der Waals surface area (Å²) in [7, 11) is -3.63. The molecular formula is C31H41N2O6P. The molecule has 4 rings (SSSR count). The quantitative estimate of drug-likeness (QED) is 0.240. The van der Waals surface area contributed by atoms with E-state index in [1.54, 1.807) is 13.8 Å². The highest BCUT2D eigenvalue weighted by Gasteiger charge is 2.28. The normalized spacial score (nSPS) is 15.8. The fourth-order valence-electron chi connectivity index (χ4n) is 4.97. The minimum absolute atomic E-state index is 0.00943. The monoisotopic (exact) mass is 568 g/mol. The summed E-state index contributed by atoms with van der Waals surface area (Å²) in [5, 5.41) is 10.8. The van der Waals surface area contributed by atoms with E-state index in [4.69, 9.17) is 18.3 Å². The standard InChI is InChI=1S/C31H41N2O6P/c1-3-37-40(35,38-4-2)39-24-28-17-11-12-18-30(28)36-25-29(34)23-32-19-21-33(22-20-32)31(26-13-7-5-8-14-26)27-15-9-6-10-16-27/h5-18,29,31,34H,3-4,19-25H2,1-2H3. The lowest BCUT2D eigenvalue weighted by atomic mass is 9.96. The Hall–Kier alpha value is -2.55. The maximum atomic E-state index is 12.7. The Kier molecular flexibility index (Phi) is 11.7. The summed E-state index contributed by atoms with van der Waals surface area (Å²) in [6, 6.07) is 28.8. The SMILES string of the molecule is CCOP(=O)(OCC)OCc1ccccc1OCC(O)CN1CCN(C(c2ccccc2)c2ccccc2)CC1. The lowest BCUT2D eigenvalue weighted by Crippen LogP contribution is -2.50. The number of β-amino-alcohol motifs (C(OH)–C–C–N with tert-alkyl or cyclic N) is 1. The summed E-state index contributed by atoms with van der Waals surface area (Å²) in [6.07, 6.45) is -0.655. The summed E-state index contributed by atoms with van der Waals surface area (Å²) >= 11 is 0. The zero-order valence-electron chi connectivity index (χ0n) is 23.4. The molecule has 0 saturated carbocycles. The first kappa shape index (κ1) is 30.4. The van der Waals surface area contributed by atoms with Crippen LogP contribution in [0, 0.1) is 0 Å². The van der Waals surface area contributed by atoms with Gasteiger partial charge in [0.25, 0.3) is 0 Å². The van der Waals surface area contributed by atoms with Gasteiger partial charge < -0.3 is 9.84 Å². The molecule has 3 aromatic carbocycles. The molecule has 1 heterocycles. The molecule has 1 atom stereocenters. The molecule has 1 aliphatic rings. The van der Waals surface area contributed by atoms with Crippen molar-refractivity contribution in [2.24, 2.45) is 0 Å². The van der Waals surface area contributed by atoms with Crippen LogP contribution in [0.15, 0.2) is 84.9 Å². The highest BCUT2D eigenvalue weighted by Crippen LogP contribution is 2.50. The molecule has 9 heteroatoms. The molecule has 0 radical (unpaired) electrons. The van der Waals surface area contributed by atoms with Gasteiger partial charge in [0, 0.05) is 38.3 Å². The Morgan fingerprint density at radius 3 is 1.90 bits per heavy atom. The van der Waals surface area contributed by atoms with Gasteiger partial charge in [-0.2, -0.15) is 0 Å². The van der Waals surface area contributed by atoms with E-state index in [9.17, 15) is 9.67 Å². The van der Waals surface area contributed by atoms with E-state index in [0.29, 0.717) is 17.9 Å². The molecular weight excluding hydrogens is 527 g/mol. The number of ether oxygens (including phenoxy) is 1. The molecule has 216 valence electrons. The van der Waals surface area contributed by atoms with Crippen LogP contribution >= 0.6 is 7.82 Å². The number of phosphoric ester groups is 1. The van der Waals surface area contributed by atoms with Crippen LogP contribution in [-0.2, 0) is 24.7 Å². The van der Waals surface area contributed by atoms with Crippen molar-refractivity contribution in [2.75, 3.05) is 52.5 Å². The summed E-state index contributed by atoms with van der Waals surface area (Å²) < 4.78 is 34.5. The van der Waals surface area contributed by atoms with Crippen molar-refractivity contribution < 1.29 is 28.0 Å². The van der Waals surface area contributed by atoms with Gasteiger partial charge in [-0.3, -0.25) is 23.4 Å². The second-order valence-electron chi connectivity index (χ2n) is 9.69. The second-order valence-corrected chi connectivity index (χ2v) is 11.4. The summed E-state index contributed by atoms with van der Waals surface area (Å²) in [5.41, 5.74) is 3.28. The number of para-hydroxylation sites is 1. The first-order chi connectivity index (χ1) is 19.5. The van der Waals surface area contributed by atoms with E-state index in [1.807, 2.05) is 24.3 Å². The number of piperazine rings is 1. The van der Waals surface area contributed by atoms with E-state index >= 15 is 0 Å². The van der Waals surface area contributed by atoms with E-state index < -0.39 is 13.9 Å². The van der Waals surface area contributed by atoms with E-state index in [1.165, 1.54) is 11.1 Å². The molecule has 40 heavy (non-hydrogen) atoms. The number of phosphoric acid groups is 1. The van der Waals surface area contributed by atoms with Gasteiger partial charge in [0.15, 0.2) is 0 Å². The van der Waals surface area contributed by atoms with E-state index in [2.05, 4.69) is 70.5 Å². The number of aliphatic hydroxyl groups excluding tert-OH is 1. The van der Waals surface area contributed by atoms with Gasteiger partial charge in [-0.1, -0.05) is 78.9 Å². The average molecular weight is 569 g/mol. The fourth-order valence-corrected chi connectivity index (χ4v) is 6.12. The smallest absolute Gasteiger partial charge is 0.475 e. The fraction of sp³-hybridized carbons (Fsp3) is 0.419. The van der Waals surface area contributed by atoms with Crippen LogP contribution in [0.3, 0.4) is 0 Å². The van der Waals surface area contributed by atoms with Crippen molar-refractivity contribution >= 4 is 7.82 Å². The third-order valence-corrected chi connectivity index (χ3v) is 8.42. The van der Waals surface area contributed by atoms with Crippen molar-refractivity contribution in [1.29, 1.82) is 0 Å². The van der Waals surface area contributed by atoms with Crippen LogP contribution in [0.1, 0.15) is 36.6 Å². The summed E-state index contributed by atoms with van der Waals surface area (Å²) in [4.78, 5) is 4.80. The molecule has 3 aromatic rings. The Labute approximate surface area is 238 Å². The van der Waals surface area contributed by atoms with Gasteiger partial charge in [-0.05, 0) is 31.0 Å². The molecule has 0 amide bonds.